The van der Waals surface area contributed by atoms with E-state index < -0.39 is 9.84 Å². The maximum absolute atomic E-state index is 11.4. The summed E-state index contributed by atoms with van der Waals surface area (Å²) in [6, 6.07) is 0. The van der Waals surface area contributed by atoms with Crippen LogP contribution in [-0.2, 0) is 14.6 Å². The summed E-state index contributed by atoms with van der Waals surface area (Å²) in [6.07, 6.45) is 0.816. The van der Waals surface area contributed by atoms with Gasteiger partial charge in [-0.1, -0.05) is 6.92 Å². The van der Waals surface area contributed by atoms with Crippen molar-refractivity contribution in [3.63, 3.8) is 0 Å². The zero-order valence-corrected chi connectivity index (χ0v) is 9.27. The van der Waals surface area contributed by atoms with Gasteiger partial charge in [-0.3, -0.25) is 4.79 Å². The third-order valence-electron chi connectivity index (χ3n) is 2.41. The quantitative estimate of drug-likeness (QED) is 0.682. The van der Waals surface area contributed by atoms with E-state index in [2.05, 4.69) is 5.32 Å². The predicted octanol–water partition coefficient (Wildman–Crippen LogP) is -0.0102. The molecule has 0 spiro atoms. The minimum atomic E-state index is -2.99. The highest BCUT2D eigenvalue weighted by Gasteiger charge is 2.25. The summed E-state index contributed by atoms with van der Waals surface area (Å²) in [5.41, 5.74) is 0. The summed E-state index contributed by atoms with van der Waals surface area (Å²) in [5.74, 6) is 0.370. The highest BCUT2D eigenvalue weighted by atomic mass is 32.2. The molecule has 1 fully saturated rings. The lowest BCUT2D eigenvalue weighted by molar-refractivity contribution is -0.123. The molecule has 0 amide bonds. The molecule has 0 aromatic rings. The molecular weight excluding hydrogens is 202 g/mol. The molecule has 14 heavy (non-hydrogen) atoms. The molecule has 1 heterocycles. The van der Waals surface area contributed by atoms with Gasteiger partial charge in [0.25, 0.3) is 0 Å². The molecule has 82 valence electrons. The van der Waals surface area contributed by atoms with Crippen molar-refractivity contribution in [2.75, 3.05) is 24.6 Å². The lowest BCUT2D eigenvalue weighted by atomic mass is 9.97. The van der Waals surface area contributed by atoms with Gasteiger partial charge in [0.05, 0.1) is 5.75 Å². The van der Waals surface area contributed by atoms with E-state index in [1.807, 2.05) is 6.92 Å². The van der Waals surface area contributed by atoms with Crippen LogP contribution >= 0.6 is 0 Å². The summed E-state index contributed by atoms with van der Waals surface area (Å²) in [6.45, 7) is 3.26. The van der Waals surface area contributed by atoms with E-state index in [9.17, 15) is 13.2 Å². The van der Waals surface area contributed by atoms with E-state index in [0.717, 1.165) is 0 Å². The van der Waals surface area contributed by atoms with Crippen LogP contribution in [0, 0.1) is 5.92 Å². The first-order chi connectivity index (χ1) is 6.55. The van der Waals surface area contributed by atoms with Gasteiger partial charge in [0.1, 0.15) is 5.78 Å². The highest BCUT2D eigenvalue weighted by Crippen LogP contribution is 2.08. The Hall–Kier alpha value is -0.420. The van der Waals surface area contributed by atoms with Crippen LogP contribution in [0.15, 0.2) is 0 Å². The molecule has 0 aromatic heterocycles. The summed E-state index contributed by atoms with van der Waals surface area (Å²) >= 11 is 0. The first-order valence-corrected chi connectivity index (χ1v) is 6.81. The second-order valence-corrected chi connectivity index (χ2v) is 6.03. The number of carbonyl (C=O) groups excluding carboxylic acids is 1. The maximum atomic E-state index is 11.4. The number of nitrogens with one attached hydrogen (secondary N) is 1. The Morgan fingerprint density at radius 1 is 1.36 bits per heavy atom. The topological polar surface area (TPSA) is 63.2 Å². The Bertz CT molecular complexity index is 293. The average molecular weight is 219 g/mol. The summed E-state index contributed by atoms with van der Waals surface area (Å²) < 4.78 is 22.6. The Morgan fingerprint density at radius 2 is 2.00 bits per heavy atom. The molecule has 5 heteroatoms. The smallest absolute Gasteiger partial charge is 0.150 e. The molecule has 0 atom stereocenters. The molecule has 0 aliphatic carbocycles. The Balaban J connectivity index is 2.28. The molecule has 1 aliphatic rings. The van der Waals surface area contributed by atoms with Crippen LogP contribution in [0.2, 0.25) is 0 Å². The molecule has 1 aliphatic heterocycles. The van der Waals surface area contributed by atoms with Crippen LogP contribution in [0.1, 0.15) is 19.8 Å². The maximum Gasteiger partial charge on any atom is 0.150 e. The zero-order chi connectivity index (χ0) is 10.6. The molecular formula is C9H17NO3S. The van der Waals surface area contributed by atoms with Gasteiger partial charge in [-0.2, -0.15) is 0 Å². The predicted molar refractivity (Wildman–Crippen MR) is 54.9 cm³/mol. The van der Waals surface area contributed by atoms with Crippen molar-refractivity contribution >= 4 is 15.6 Å². The second kappa shape index (κ2) is 4.89. The van der Waals surface area contributed by atoms with Crippen LogP contribution in [-0.4, -0.2) is 38.8 Å². The fourth-order valence-electron chi connectivity index (χ4n) is 1.39. The van der Waals surface area contributed by atoms with Gasteiger partial charge in [0, 0.05) is 31.2 Å². The van der Waals surface area contributed by atoms with Crippen molar-refractivity contribution in [3.8, 4) is 0 Å². The lowest BCUT2D eigenvalue weighted by Gasteiger charge is -2.25. The van der Waals surface area contributed by atoms with Crippen LogP contribution in [0.25, 0.3) is 0 Å². The van der Waals surface area contributed by atoms with E-state index >= 15 is 0 Å². The SMILES string of the molecule is CCCS(=O)(=O)CCC(=O)C1CNC1. The standard InChI is InChI=1S/C9H17NO3S/c1-2-4-14(12,13)5-3-9(11)8-6-10-7-8/h8,10H,2-7H2,1H3. The first kappa shape index (κ1) is 11.7. The van der Waals surface area contributed by atoms with Gasteiger partial charge in [0.15, 0.2) is 9.84 Å². The lowest BCUT2D eigenvalue weighted by Crippen LogP contribution is -2.46. The van der Waals surface area contributed by atoms with E-state index in [1.165, 1.54) is 0 Å². The largest absolute Gasteiger partial charge is 0.315 e. The van der Waals surface area contributed by atoms with E-state index in [1.54, 1.807) is 0 Å². The summed E-state index contributed by atoms with van der Waals surface area (Å²) in [4.78, 5) is 11.4. The molecule has 0 saturated carbocycles. The fraction of sp³-hybridized carbons (Fsp3) is 0.889. The minimum absolute atomic E-state index is 0.0240. The van der Waals surface area contributed by atoms with Gasteiger partial charge >= 0.3 is 0 Å². The monoisotopic (exact) mass is 219 g/mol. The molecule has 1 rings (SSSR count). The molecule has 1 N–H and O–H groups in total. The van der Waals surface area contributed by atoms with Crippen LogP contribution < -0.4 is 5.32 Å². The van der Waals surface area contributed by atoms with Crippen LogP contribution in [0.5, 0.6) is 0 Å². The Morgan fingerprint density at radius 3 is 2.43 bits per heavy atom. The number of rotatable bonds is 6. The van der Waals surface area contributed by atoms with Crippen molar-refractivity contribution in [2.24, 2.45) is 5.92 Å². The van der Waals surface area contributed by atoms with Crippen molar-refractivity contribution in [2.45, 2.75) is 19.8 Å². The number of ketones is 1. The van der Waals surface area contributed by atoms with Crippen molar-refractivity contribution < 1.29 is 13.2 Å². The molecule has 1 saturated heterocycles. The van der Waals surface area contributed by atoms with Gasteiger partial charge in [-0.05, 0) is 6.42 Å². The third-order valence-corrected chi connectivity index (χ3v) is 4.27. The summed E-state index contributed by atoms with van der Waals surface area (Å²) in [7, 11) is -2.99. The number of sulfone groups is 1. The van der Waals surface area contributed by atoms with Gasteiger partial charge < -0.3 is 5.32 Å². The van der Waals surface area contributed by atoms with Crippen molar-refractivity contribution in [1.82, 2.24) is 5.32 Å². The average Bonchev–Trinajstić information content (AvgIpc) is 1.98. The van der Waals surface area contributed by atoms with Crippen molar-refractivity contribution in [1.29, 1.82) is 0 Å². The third kappa shape index (κ3) is 3.38. The molecule has 0 bridgehead atoms. The van der Waals surface area contributed by atoms with Crippen LogP contribution in [0.3, 0.4) is 0 Å². The first-order valence-electron chi connectivity index (χ1n) is 4.99. The van der Waals surface area contributed by atoms with Gasteiger partial charge in [0.2, 0.25) is 0 Å². The van der Waals surface area contributed by atoms with Gasteiger partial charge in [-0.25, -0.2) is 8.42 Å². The van der Waals surface area contributed by atoms with E-state index in [0.29, 0.717) is 19.5 Å². The number of carbonyl (C=O) groups is 1. The van der Waals surface area contributed by atoms with E-state index in [4.69, 9.17) is 0 Å². The number of hydrogen-bond donors (Lipinski definition) is 1. The molecule has 0 radical (unpaired) electrons. The molecule has 4 nitrogen and oxygen atoms in total. The molecule has 0 aromatic carbocycles. The fourth-order valence-corrected chi connectivity index (χ4v) is 2.73. The number of Topliss-reactive ketones (excluding diaryl/α,β-unsaturated/α-hetero) is 1. The van der Waals surface area contributed by atoms with Crippen molar-refractivity contribution in [3.05, 3.63) is 0 Å². The zero-order valence-electron chi connectivity index (χ0n) is 8.45. The second-order valence-electron chi connectivity index (χ2n) is 3.72. The normalized spacial score (nSPS) is 17.8. The van der Waals surface area contributed by atoms with Gasteiger partial charge in [-0.15, -0.1) is 0 Å². The Labute approximate surface area is 85.0 Å². The summed E-state index contributed by atoms with van der Waals surface area (Å²) in [5, 5.41) is 2.99. The minimum Gasteiger partial charge on any atom is -0.315 e. The highest BCUT2D eigenvalue weighted by molar-refractivity contribution is 7.91. The van der Waals surface area contributed by atoms with E-state index in [-0.39, 0.29) is 29.6 Å². The van der Waals surface area contributed by atoms with Crippen LogP contribution in [0.4, 0.5) is 0 Å². The Kier molecular flexibility index (Phi) is 4.07. The molecule has 0 unspecified atom stereocenters. The number of hydrogen-bond acceptors (Lipinski definition) is 4.